The van der Waals surface area contributed by atoms with Gasteiger partial charge in [-0.25, -0.2) is 4.98 Å². The van der Waals surface area contributed by atoms with Crippen molar-refractivity contribution in [3.63, 3.8) is 0 Å². The van der Waals surface area contributed by atoms with E-state index in [4.69, 9.17) is 16.3 Å². The van der Waals surface area contributed by atoms with E-state index < -0.39 is 0 Å². The number of carbonyl (C=O) groups is 2. The molecule has 0 aliphatic carbocycles. The first-order valence-corrected chi connectivity index (χ1v) is 9.89. The molecule has 0 unspecified atom stereocenters. The van der Waals surface area contributed by atoms with E-state index in [1.165, 1.54) is 0 Å². The Bertz CT molecular complexity index is 1070. The number of fused-ring (bicyclic) bond motifs is 2. The third kappa shape index (κ3) is 4.41. The number of nitrogens with zero attached hydrogens (tertiary/aromatic N) is 3. The highest BCUT2D eigenvalue weighted by atomic mass is 35.5. The molecule has 0 saturated carbocycles. The predicted octanol–water partition coefficient (Wildman–Crippen LogP) is 3.98. The van der Waals surface area contributed by atoms with Crippen LogP contribution in [0.4, 0.5) is 5.69 Å². The number of amides is 2. The molecule has 4 rings (SSSR count). The number of benzene rings is 1. The normalized spacial score (nSPS) is 12.4. The SMILES string of the molecule is O=C(CCCN1C(=O)c2cccnc2Oc2ccc(Cl)cc21)NCc1cccnc1. The first kappa shape index (κ1) is 19.8. The number of pyridine rings is 2. The van der Waals surface area contributed by atoms with Gasteiger partial charge in [0.15, 0.2) is 5.75 Å². The van der Waals surface area contributed by atoms with E-state index in [1.54, 1.807) is 53.8 Å². The van der Waals surface area contributed by atoms with Crippen molar-refractivity contribution >= 4 is 29.1 Å². The summed E-state index contributed by atoms with van der Waals surface area (Å²) in [7, 11) is 0. The van der Waals surface area contributed by atoms with Gasteiger partial charge in [-0.3, -0.25) is 14.6 Å². The summed E-state index contributed by atoms with van der Waals surface area (Å²) in [6.07, 6.45) is 5.73. The number of halogens is 1. The van der Waals surface area contributed by atoms with Crippen LogP contribution in [0.25, 0.3) is 0 Å². The Kier molecular flexibility index (Phi) is 5.90. The van der Waals surface area contributed by atoms with Gasteiger partial charge in [-0.2, -0.15) is 0 Å². The molecule has 1 N–H and O–H groups in total. The van der Waals surface area contributed by atoms with Gasteiger partial charge in [-0.05, 0) is 48.4 Å². The Morgan fingerprint density at radius 1 is 1.17 bits per heavy atom. The molecular weight excluding hydrogens is 404 g/mol. The molecule has 2 aromatic heterocycles. The van der Waals surface area contributed by atoms with Crippen LogP contribution in [-0.2, 0) is 11.3 Å². The molecule has 0 fully saturated rings. The number of hydrogen-bond acceptors (Lipinski definition) is 5. The quantitative estimate of drug-likeness (QED) is 0.649. The van der Waals surface area contributed by atoms with E-state index in [-0.39, 0.29) is 24.1 Å². The van der Waals surface area contributed by atoms with Crippen LogP contribution in [-0.4, -0.2) is 28.3 Å². The minimum Gasteiger partial charge on any atom is -0.436 e. The average molecular weight is 423 g/mol. The molecule has 0 saturated heterocycles. The number of hydrogen-bond donors (Lipinski definition) is 1. The fraction of sp³-hybridized carbons (Fsp3) is 0.182. The molecule has 0 spiro atoms. The Hall–Kier alpha value is -3.45. The molecule has 0 atom stereocenters. The van der Waals surface area contributed by atoms with Crippen molar-refractivity contribution in [2.75, 3.05) is 11.4 Å². The Morgan fingerprint density at radius 3 is 2.87 bits per heavy atom. The van der Waals surface area contributed by atoms with E-state index >= 15 is 0 Å². The highest BCUT2D eigenvalue weighted by Gasteiger charge is 2.29. The topological polar surface area (TPSA) is 84.4 Å². The summed E-state index contributed by atoms with van der Waals surface area (Å²) in [5.74, 6) is 0.412. The van der Waals surface area contributed by atoms with Gasteiger partial charge < -0.3 is 15.0 Å². The Labute approximate surface area is 178 Å². The van der Waals surface area contributed by atoms with Gasteiger partial charge >= 0.3 is 0 Å². The first-order chi connectivity index (χ1) is 14.6. The molecule has 0 bridgehead atoms. The zero-order valence-corrected chi connectivity index (χ0v) is 16.8. The van der Waals surface area contributed by atoms with E-state index in [0.717, 1.165) is 5.56 Å². The molecule has 3 aromatic rings. The zero-order valence-electron chi connectivity index (χ0n) is 16.0. The second-order valence-electron chi connectivity index (χ2n) is 6.77. The molecule has 8 heteroatoms. The highest BCUT2D eigenvalue weighted by Crippen LogP contribution is 2.39. The summed E-state index contributed by atoms with van der Waals surface area (Å²) in [4.78, 5) is 35.2. The van der Waals surface area contributed by atoms with Crippen LogP contribution in [0.15, 0.2) is 61.1 Å². The lowest BCUT2D eigenvalue weighted by Gasteiger charge is -2.22. The molecule has 152 valence electrons. The molecule has 2 amide bonds. The molecule has 1 aromatic carbocycles. The van der Waals surface area contributed by atoms with Gasteiger partial charge in [0.1, 0.15) is 5.56 Å². The summed E-state index contributed by atoms with van der Waals surface area (Å²) >= 11 is 6.16. The first-order valence-electron chi connectivity index (χ1n) is 9.52. The zero-order chi connectivity index (χ0) is 20.9. The number of aromatic nitrogens is 2. The molecule has 7 nitrogen and oxygen atoms in total. The third-order valence-corrected chi connectivity index (χ3v) is 4.90. The van der Waals surface area contributed by atoms with E-state index in [1.807, 2.05) is 12.1 Å². The molecule has 0 radical (unpaired) electrons. The standard InChI is InChI=1S/C22H19ClN4O3/c23-16-7-8-19-18(12-16)27(22(29)17-5-2-10-25-21(17)30-19)11-3-6-20(28)26-14-15-4-1-9-24-13-15/h1-2,4-5,7-10,12-13H,3,6,11,14H2,(H,26,28). The van der Waals surface area contributed by atoms with E-state index in [2.05, 4.69) is 15.3 Å². The van der Waals surface area contributed by atoms with Gasteiger partial charge in [-0.1, -0.05) is 17.7 Å². The van der Waals surface area contributed by atoms with Crippen molar-refractivity contribution in [2.24, 2.45) is 0 Å². The number of nitrogens with one attached hydrogen (secondary N) is 1. The summed E-state index contributed by atoms with van der Waals surface area (Å²) in [6.45, 7) is 0.755. The third-order valence-electron chi connectivity index (χ3n) is 4.66. The van der Waals surface area contributed by atoms with Gasteiger partial charge in [0.05, 0.1) is 5.69 Å². The minimum absolute atomic E-state index is 0.0919. The van der Waals surface area contributed by atoms with E-state index in [9.17, 15) is 9.59 Å². The highest BCUT2D eigenvalue weighted by molar-refractivity contribution is 6.31. The molecular formula is C22H19ClN4O3. The maximum absolute atomic E-state index is 13.2. The van der Waals surface area contributed by atoms with Crippen LogP contribution >= 0.6 is 11.6 Å². The van der Waals surface area contributed by atoms with Crippen LogP contribution in [0.3, 0.4) is 0 Å². The minimum atomic E-state index is -0.241. The summed E-state index contributed by atoms with van der Waals surface area (Å²) in [5.41, 5.74) is 1.85. The lowest BCUT2D eigenvalue weighted by atomic mass is 10.2. The summed E-state index contributed by atoms with van der Waals surface area (Å²) in [5, 5.41) is 3.36. The predicted molar refractivity (Wildman–Crippen MR) is 113 cm³/mol. The van der Waals surface area contributed by atoms with Crippen LogP contribution in [0.5, 0.6) is 11.6 Å². The fourth-order valence-corrected chi connectivity index (χ4v) is 3.36. The second kappa shape index (κ2) is 8.92. The number of ether oxygens (including phenoxy) is 1. The van der Waals surface area contributed by atoms with Gasteiger partial charge in [-0.15, -0.1) is 0 Å². The van der Waals surface area contributed by atoms with Crippen LogP contribution in [0.2, 0.25) is 5.02 Å². The fourth-order valence-electron chi connectivity index (χ4n) is 3.19. The maximum Gasteiger partial charge on any atom is 0.263 e. The van der Waals surface area contributed by atoms with Gasteiger partial charge in [0.25, 0.3) is 5.91 Å². The maximum atomic E-state index is 13.2. The molecule has 30 heavy (non-hydrogen) atoms. The van der Waals surface area contributed by atoms with Crippen molar-refractivity contribution in [1.29, 1.82) is 0 Å². The van der Waals surface area contributed by atoms with Gasteiger partial charge in [0, 0.05) is 43.1 Å². The lowest BCUT2D eigenvalue weighted by Crippen LogP contribution is -2.32. The smallest absolute Gasteiger partial charge is 0.263 e. The number of anilines is 1. The van der Waals surface area contributed by atoms with Gasteiger partial charge in [0.2, 0.25) is 11.8 Å². The van der Waals surface area contributed by atoms with Crippen LogP contribution < -0.4 is 15.0 Å². The monoisotopic (exact) mass is 422 g/mol. The second-order valence-corrected chi connectivity index (χ2v) is 7.21. The van der Waals surface area contributed by atoms with Crippen molar-refractivity contribution in [3.05, 3.63) is 77.2 Å². The van der Waals surface area contributed by atoms with Crippen molar-refractivity contribution < 1.29 is 14.3 Å². The number of rotatable bonds is 6. The van der Waals surface area contributed by atoms with Crippen molar-refractivity contribution in [1.82, 2.24) is 15.3 Å². The summed E-state index contributed by atoms with van der Waals surface area (Å²) < 4.78 is 5.86. The molecule has 3 heterocycles. The average Bonchev–Trinajstić information content (AvgIpc) is 2.88. The number of carbonyl (C=O) groups excluding carboxylic acids is 2. The summed E-state index contributed by atoms with van der Waals surface area (Å²) in [6, 6.07) is 12.2. The van der Waals surface area contributed by atoms with Crippen molar-refractivity contribution in [2.45, 2.75) is 19.4 Å². The van der Waals surface area contributed by atoms with Crippen molar-refractivity contribution in [3.8, 4) is 11.6 Å². The van der Waals surface area contributed by atoms with E-state index in [0.29, 0.717) is 41.5 Å². The molecule has 1 aliphatic rings. The van der Waals surface area contributed by atoms with Crippen LogP contribution in [0, 0.1) is 0 Å². The molecule has 1 aliphatic heterocycles. The lowest BCUT2D eigenvalue weighted by molar-refractivity contribution is -0.121. The largest absolute Gasteiger partial charge is 0.436 e. The Balaban J connectivity index is 1.45. The van der Waals surface area contributed by atoms with Crippen LogP contribution in [0.1, 0.15) is 28.8 Å². The Morgan fingerprint density at radius 2 is 2.03 bits per heavy atom.